The van der Waals surface area contributed by atoms with Gasteiger partial charge >= 0.3 is 12.4 Å². The number of aryl methyl sites for hydroxylation is 5. The Kier molecular flexibility index (Phi) is 20.3. The Morgan fingerprint density at radius 1 is 0.203 bits per heavy atom. The average Bonchev–Trinajstić information content (AvgIpc) is 1.56. The van der Waals surface area contributed by atoms with Crippen molar-refractivity contribution in [3.63, 3.8) is 0 Å². The Hall–Kier alpha value is -17.4. The quantitative estimate of drug-likeness (QED) is 0.117. The maximum absolute atomic E-state index is 14.0. The molecule has 26 heteroatoms. The fourth-order valence-electron chi connectivity index (χ4n) is 20.3. The number of amides is 10. The fraction of sp³-hybridized carbons (Fsp3) is 0.107. The number of alkyl halides is 6. The van der Waals surface area contributed by atoms with E-state index in [1.165, 1.54) is 78.3 Å². The zero-order valence-electron chi connectivity index (χ0n) is 75.5. The van der Waals surface area contributed by atoms with Crippen molar-refractivity contribution in [3.8, 4) is 28.4 Å². The molecule has 5 aromatic heterocycles. The molecule has 0 radical (unpaired) electrons. The second-order valence-electron chi connectivity index (χ2n) is 35.0. The van der Waals surface area contributed by atoms with Gasteiger partial charge in [0.15, 0.2) is 0 Å². The number of hydrogen-bond acceptors (Lipinski definition) is 10. The number of aromatic nitrogens is 5. The maximum atomic E-state index is 14.0. The van der Waals surface area contributed by atoms with Crippen molar-refractivity contribution in [3.05, 3.63) is 386 Å². The summed E-state index contributed by atoms with van der Waals surface area (Å²) in [7, 11) is 7.36. The Morgan fingerprint density at radius 2 is 0.471 bits per heavy atom. The third-order valence-corrected chi connectivity index (χ3v) is 26.8. The summed E-state index contributed by atoms with van der Waals surface area (Å²) >= 11 is 0. The van der Waals surface area contributed by atoms with Crippen LogP contribution in [-0.4, -0.2) is 142 Å². The highest BCUT2D eigenvalue weighted by molar-refractivity contribution is 6.28. The van der Waals surface area contributed by atoms with E-state index in [-0.39, 0.29) is 68.9 Å². The lowest BCUT2D eigenvalue weighted by Gasteiger charge is -2.16. The van der Waals surface area contributed by atoms with E-state index in [2.05, 4.69) is 119 Å². The van der Waals surface area contributed by atoms with Crippen LogP contribution in [0.5, 0.6) is 0 Å². The van der Waals surface area contributed by atoms with Crippen molar-refractivity contribution >= 4 is 168 Å². The zero-order valence-corrected chi connectivity index (χ0v) is 75.5. The Labute approximate surface area is 781 Å². The third kappa shape index (κ3) is 13.3. The van der Waals surface area contributed by atoms with Crippen LogP contribution in [-0.2, 0) is 12.4 Å². The maximum Gasteiger partial charge on any atom is 0.418 e. The van der Waals surface area contributed by atoms with Gasteiger partial charge in [0, 0.05) is 89.1 Å². The van der Waals surface area contributed by atoms with Crippen LogP contribution in [0.1, 0.15) is 143 Å². The smallest absolute Gasteiger partial charge is 0.308 e. The van der Waals surface area contributed by atoms with Crippen LogP contribution < -0.4 is 0 Å². The predicted molar refractivity (Wildman–Crippen MR) is 520 cm³/mol. The second-order valence-corrected chi connectivity index (χ2v) is 35.0. The lowest BCUT2D eigenvalue weighted by Crippen LogP contribution is -2.24. The first-order valence-corrected chi connectivity index (χ1v) is 44.1. The van der Waals surface area contributed by atoms with E-state index >= 15 is 0 Å². The van der Waals surface area contributed by atoms with Crippen molar-refractivity contribution in [2.45, 2.75) is 47.0 Å². The SMILES string of the molecule is Cc1ccc2c(c1)c1ccccc1n2-c1cccc2c1C(=O)N(C)C2=O.Cc1ccc2c3ccc(C(F)(F)F)cc3n(-c3cccc4c3C(=O)N(C)C4=O)c2c1.Cc1ccc2c3ccccc3n(-c3cccc4c3C(=O)N(C)C4=O)c2c1.Cc1cccc2c3cccc(C(F)(F)F)c3n(-c3cccc4c3C(=O)N(C)C4=O)c12.Cc1cccc2c3ccccc3n(-c3cccc4c3C(=O)N(C)C4=O)c12. The van der Waals surface area contributed by atoms with Gasteiger partial charge in [-0.05, 0) is 178 Å². The normalized spacial score (nSPS) is 14.0. The zero-order chi connectivity index (χ0) is 96.7. The average molecular weight is 1840 g/mol. The van der Waals surface area contributed by atoms with Crippen molar-refractivity contribution in [1.29, 1.82) is 0 Å². The minimum absolute atomic E-state index is 0.0301. The summed E-state index contributed by atoms with van der Waals surface area (Å²) in [4.78, 5) is 132. The Morgan fingerprint density at radius 3 is 0.870 bits per heavy atom. The number of fused-ring (bicyclic) bond motifs is 20. The largest absolute Gasteiger partial charge is 0.418 e. The Bertz CT molecular complexity index is 8910. The van der Waals surface area contributed by atoms with Crippen molar-refractivity contribution in [2.24, 2.45) is 0 Å². The van der Waals surface area contributed by atoms with Gasteiger partial charge in [-0.15, -0.1) is 0 Å². The molecule has 5 aliphatic heterocycles. The molecule has 0 unspecified atom stereocenters. The molecule has 20 aromatic rings. The summed E-state index contributed by atoms with van der Waals surface area (Å²) in [6.07, 6.45) is -9.09. The highest BCUT2D eigenvalue weighted by atomic mass is 19.4. The summed E-state index contributed by atoms with van der Waals surface area (Å²) in [6, 6.07) is 88.0. The lowest BCUT2D eigenvalue weighted by atomic mass is 10.1. The van der Waals surface area contributed by atoms with E-state index < -0.39 is 47.1 Å². The number of hydrogen-bond donors (Lipinski definition) is 0. The minimum atomic E-state index is -4.59. The molecule has 0 saturated carbocycles. The molecule has 0 fully saturated rings. The molecule has 25 rings (SSSR count). The van der Waals surface area contributed by atoms with Gasteiger partial charge in [-0.1, -0.05) is 175 Å². The molecule has 0 N–H and O–H groups in total. The monoisotopic (exact) mass is 1840 g/mol. The molecule has 20 nitrogen and oxygen atoms in total. The molecule has 10 amide bonds. The van der Waals surface area contributed by atoms with Crippen LogP contribution in [0.15, 0.2) is 291 Å². The predicted octanol–water partition coefficient (Wildman–Crippen LogP) is 23.6. The van der Waals surface area contributed by atoms with Gasteiger partial charge in [-0.2, -0.15) is 26.3 Å². The van der Waals surface area contributed by atoms with Crippen LogP contribution in [0.25, 0.3) is 137 Å². The number of para-hydroxylation sites is 6. The number of carbonyl (C=O) groups is 10. The van der Waals surface area contributed by atoms with Crippen LogP contribution >= 0.6 is 0 Å². The summed E-state index contributed by atoms with van der Waals surface area (Å²) in [5, 5.41) is 9.31. The fourth-order valence-corrected chi connectivity index (χ4v) is 20.3. The van der Waals surface area contributed by atoms with Crippen LogP contribution in [0, 0.1) is 34.6 Å². The highest BCUT2D eigenvalue weighted by Gasteiger charge is 2.44. The number of imide groups is 5. The summed E-state index contributed by atoms with van der Waals surface area (Å²) in [6.45, 7) is 9.90. The first-order valence-electron chi connectivity index (χ1n) is 44.1. The number of carbonyl (C=O) groups excluding carboxylic acids is 10. The molecule has 5 aliphatic rings. The summed E-state index contributed by atoms with van der Waals surface area (Å²) < 4.78 is 91.7. The van der Waals surface area contributed by atoms with Gasteiger partial charge in [0.25, 0.3) is 59.1 Å². The van der Waals surface area contributed by atoms with E-state index in [0.29, 0.717) is 71.8 Å². The molecule has 138 heavy (non-hydrogen) atoms. The van der Waals surface area contributed by atoms with Gasteiger partial charge in [-0.25, -0.2) is 0 Å². The lowest BCUT2D eigenvalue weighted by molar-refractivity contribution is -0.138. The molecular weight excluding hydrogens is 1760 g/mol. The van der Waals surface area contributed by atoms with Gasteiger partial charge in [-0.3, -0.25) is 72.4 Å². The van der Waals surface area contributed by atoms with Crippen molar-refractivity contribution < 1.29 is 74.3 Å². The number of halogens is 6. The van der Waals surface area contributed by atoms with E-state index in [1.807, 2.05) is 117 Å². The topological polar surface area (TPSA) is 212 Å². The van der Waals surface area contributed by atoms with Gasteiger partial charge in [0.05, 0.1) is 150 Å². The third-order valence-electron chi connectivity index (χ3n) is 26.8. The molecule has 0 spiro atoms. The van der Waals surface area contributed by atoms with E-state index in [9.17, 15) is 74.3 Å². The van der Waals surface area contributed by atoms with Gasteiger partial charge < -0.3 is 22.8 Å². The molecule has 0 saturated heterocycles. The van der Waals surface area contributed by atoms with Gasteiger partial charge in [0.1, 0.15) is 0 Å². The summed E-state index contributed by atoms with van der Waals surface area (Å²) in [5.74, 6) is -3.39. The van der Waals surface area contributed by atoms with Crippen LogP contribution in [0.2, 0.25) is 0 Å². The van der Waals surface area contributed by atoms with Gasteiger partial charge in [0.2, 0.25) is 0 Å². The molecule has 678 valence electrons. The molecule has 10 heterocycles. The van der Waals surface area contributed by atoms with Crippen LogP contribution in [0.3, 0.4) is 0 Å². The van der Waals surface area contributed by atoms with Crippen molar-refractivity contribution in [1.82, 2.24) is 47.3 Å². The number of benzene rings is 15. The second kappa shape index (κ2) is 32.2. The molecule has 0 aliphatic carbocycles. The first-order chi connectivity index (χ1) is 66.1. The van der Waals surface area contributed by atoms with E-state index in [4.69, 9.17) is 0 Å². The molecular formula is C112H78F6N10O10. The molecule has 0 bridgehead atoms. The molecule has 15 aromatic carbocycles. The highest BCUT2D eigenvalue weighted by Crippen LogP contribution is 2.47. The van der Waals surface area contributed by atoms with E-state index in [1.54, 1.807) is 71.3 Å². The number of rotatable bonds is 5. The van der Waals surface area contributed by atoms with E-state index in [0.717, 1.165) is 138 Å². The first kappa shape index (κ1) is 87.2. The van der Waals surface area contributed by atoms with Crippen molar-refractivity contribution in [2.75, 3.05) is 35.2 Å². The summed E-state index contributed by atoms with van der Waals surface area (Å²) in [5.41, 5.74) is 17.8. The number of nitrogens with zero attached hydrogens (tertiary/aromatic N) is 10. The standard InChI is InChI=1S/2C23H15F3N2O2.3C22H16N2O2/c1-12-6-3-7-13-14-8-4-10-16(23(24,25)26)20(14)28(19(12)13)17-11-5-9-15-18(17)22(30)27(2)21(15)29;1-12-6-8-14-15-9-7-13(23(24,25)26)11-19(15)28(18(14)10-12)17-5-3-4-16-20(17)22(30)27(2)21(16)29;1-13-7-5-9-15-14-8-3-4-11-17(14)24(20(13)15)18-12-6-10-16-19(18)22(26)23(2)21(16)25;1-13-10-11-15-14-6-3-4-8-17(14)24(19(15)12-13)18-9-5-7-16-20(18)22(26)23(2)21(16)25;1-13-10-11-18-16(12-13)14-6-3-4-8-17(14)24(18)19-9-5-7-15-20(19)22(26)23(2)21(15)25/h2*3-11H,1-2H3;3*3-12H,1-2H3. The van der Waals surface area contributed by atoms with Crippen LogP contribution in [0.4, 0.5) is 26.3 Å². The Balaban J connectivity index is 0.000000103. The molecule has 0 atom stereocenters. The minimum Gasteiger partial charge on any atom is -0.308 e.